The number of Topliss-reactive ketones (excluding diaryl/α,β-unsaturated/α-hetero) is 1. The number of aliphatic hydroxyl groups is 1. The zero-order valence-electron chi connectivity index (χ0n) is 23.9. The lowest BCUT2D eigenvalue weighted by atomic mass is 9.89. The molecule has 5 rings (SSSR count). The van der Waals surface area contributed by atoms with Crippen molar-refractivity contribution in [2.45, 2.75) is 57.4 Å². The molecule has 11 nitrogen and oxygen atoms in total. The predicted molar refractivity (Wildman–Crippen MR) is 158 cm³/mol. The molecule has 1 saturated heterocycles. The number of thiophene rings is 1. The molecule has 43 heavy (non-hydrogen) atoms. The predicted octanol–water partition coefficient (Wildman–Crippen LogP) is 4.31. The van der Waals surface area contributed by atoms with Gasteiger partial charge >= 0.3 is 11.7 Å². The van der Waals surface area contributed by atoms with Crippen molar-refractivity contribution in [1.29, 1.82) is 0 Å². The zero-order valence-corrected chi connectivity index (χ0v) is 24.7. The van der Waals surface area contributed by atoms with Crippen molar-refractivity contribution in [3.8, 4) is 21.9 Å². The van der Waals surface area contributed by atoms with Crippen molar-refractivity contribution in [2.24, 2.45) is 5.73 Å². The molecule has 0 unspecified atom stereocenters. The number of methoxy groups -OCH3 is 1. The van der Waals surface area contributed by atoms with E-state index in [1.54, 1.807) is 50.3 Å². The molecule has 1 aliphatic rings. The topological polar surface area (TPSA) is 168 Å². The van der Waals surface area contributed by atoms with Gasteiger partial charge in [-0.3, -0.25) is 4.79 Å². The molecule has 0 bridgehead atoms. The molecular weight excluding hydrogens is 578 g/mol. The Bertz CT molecular complexity index is 1730. The molecule has 3 heterocycles. The number of rotatable bonds is 8. The van der Waals surface area contributed by atoms with Crippen molar-refractivity contribution in [2.75, 3.05) is 7.11 Å². The molecule has 12 heteroatoms. The van der Waals surface area contributed by atoms with Crippen LogP contribution >= 0.6 is 11.3 Å². The number of aryl methyl sites for hydroxylation is 1. The maximum absolute atomic E-state index is 13.1. The monoisotopic (exact) mass is 609 g/mol. The van der Waals surface area contributed by atoms with Crippen LogP contribution in [0.25, 0.3) is 21.4 Å². The Hall–Kier alpha value is -4.23. The summed E-state index contributed by atoms with van der Waals surface area (Å²) in [4.78, 5) is 38.7. The molecule has 0 radical (unpaired) electrons. The van der Waals surface area contributed by atoms with Crippen LogP contribution < -0.4 is 16.1 Å². The smallest absolute Gasteiger partial charge is 0.404 e. The lowest BCUT2D eigenvalue weighted by Crippen LogP contribution is -2.65. The van der Waals surface area contributed by atoms with E-state index in [1.165, 1.54) is 19.2 Å². The number of ether oxygens (including phenoxy) is 4. The number of ketones is 1. The summed E-state index contributed by atoms with van der Waals surface area (Å²) in [6.45, 7) is 4.94. The maximum atomic E-state index is 13.1. The first-order valence-corrected chi connectivity index (χ1v) is 14.3. The van der Waals surface area contributed by atoms with E-state index in [0.717, 1.165) is 10.4 Å². The summed E-state index contributed by atoms with van der Waals surface area (Å²) in [6, 6.07) is 13.9. The number of carbonyl (C=O) groups excluding carboxylic acids is 2. The number of nitrogens with two attached hydrogens (primary N) is 1. The summed E-state index contributed by atoms with van der Waals surface area (Å²) in [5.74, 6) is -0.570. The third-order valence-corrected chi connectivity index (χ3v) is 8.35. The standard InChI is InChI=1S/C31H31NO10S/c1-15-21(39-29-24(35)26(41-30(32)37)27(38-4)31(2,3)42-29)11-10-18-23(34)19(28(36)40-25(15)18)14-20(33)16-7-5-8-17(13-16)22-9-6-12-43-22/h5-13,24,26-27,29,34-35H,14H2,1-4H3,(H2,32,37)/t24-,26+,27-,29-/m1/s1. The van der Waals surface area contributed by atoms with Crippen molar-refractivity contribution < 1.29 is 43.2 Å². The van der Waals surface area contributed by atoms with E-state index in [-0.39, 0.29) is 40.2 Å². The van der Waals surface area contributed by atoms with Crippen LogP contribution in [0.3, 0.4) is 0 Å². The SMILES string of the molecule is CO[C@@H]1[C@@H](OC(N)=O)[C@@H](O)[C@H](Oc2ccc3c(O)c(CC(=O)c4cccc(-c5cccs5)c4)c(=O)oc3c2C)OC1(C)C. The van der Waals surface area contributed by atoms with Gasteiger partial charge in [-0.15, -0.1) is 11.3 Å². The molecule has 2 aromatic heterocycles. The van der Waals surface area contributed by atoms with Crippen LogP contribution in [-0.4, -0.2) is 59.4 Å². The van der Waals surface area contributed by atoms with E-state index in [0.29, 0.717) is 11.1 Å². The highest BCUT2D eigenvalue weighted by Crippen LogP contribution is 2.38. The molecule has 226 valence electrons. The summed E-state index contributed by atoms with van der Waals surface area (Å²) in [7, 11) is 1.38. The first-order valence-electron chi connectivity index (χ1n) is 13.4. The number of carbonyl (C=O) groups is 2. The summed E-state index contributed by atoms with van der Waals surface area (Å²) in [5, 5.41) is 24.1. The number of primary amides is 1. The average Bonchev–Trinajstić information content (AvgIpc) is 3.50. The first kappa shape index (κ1) is 30.2. The number of amides is 1. The van der Waals surface area contributed by atoms with Gasteiger partial charge in [0, 0.05) is 29.5 Å². The molecule has 0 aliphatic carbocycles. The normalized spacial score (nSPS) is 21.4. The fourth-order valence-electron chi connectivity index (χ4n) is 5.31. The van der Waals surface area contributed by atoms with Gasteiger partial charge in [-0.1, -0.05) is 24.3 Å². The van der Waals surface area contributed by atoms with E-state index in [2.05, 4.69) is 0 Å². The molecule has 1 amide bonds. The summed E-state index contributed by atoms with van der Waals surface area (Å²) >= 11 is 1.54. The second-order valence-electron chi connectivity index (χ2n) is 10.7. The van der Waals surface area contributed by atoms with Gasteiger partial charge in [0.2, 0.25) is 6.29 Å². The minimum absolute atomic E-state index is 0.0279. The molecule has 0 spiro atoms. The van der Waals surface area contributed by atoms with E-state index < -0.39 is 41.9 Å². The van der Waals surface area contributed by atoms with Crippen molar-refractivity contribution >= 4 is 34.2 Å². The van der Waals surface area contributed by atoms with E-state index in [4.69, 9.17) is 29.1 Å². The van der Waals surface area contributed by atoms with Crippen LogP contribution in [0, 0.1) is 6.92 Å². The van der Waals surface area contributed by atoms with Crippen LogP contribution in [-0.2, 0) is 20.6 Å². The Kier molecular flexibility index (Phi) is 8.30. The van der Waals surface area contributed by atoms with E-state index in [1.807, 2.05) is 23.6 Å². The van der Waals surface area contributed by atoms with Crippen LogP contribution in [0.5, 0.6) is 11.5 Å². The molecule has 1 aliphatic heterocycles. The van der Waals surface area contributed by atoms with Crippen LogP contribution in [0.2, 0.25) is 0 Å². The fraction of sp³-hybridized carbons (Fsp3) is 0.323. The van der Waals surface area contributed by atoms with Crippen molar-refractivity contribution in [3.63, 3.8) is 0 Å². The molecule has 4 aromatic rings. The second kappa shape index (κ2) is 11.8. The summed E-state index contributed by atoms with van der Waals surface area (Å²) in [6.07, 6.45) is -6.36. The number of hydrogen-bond acceptors (Lipinski definition) is 11. The van der Waals surface area contributed by atoms with Crippen LogP contribution in [0.4, 0.5) is 4.79 Å². The zero-order chi connectivity index (χ0) is 31.1. The number of benzene rings is 2. The van der Waals surface area contributed by atoms with Gasteiger partial charge in [-0.05, 0) is 56.0 Å². The third kappa shape index (κ3) is 5.87. The number of aromatic hydroxyl groups is 1. The summed E-state index contributed by atoms with van der Waals surface area (Å²) < 4.78 is 28.0. The minimum Gasteiger partial charge on any atom is -0.507 e. The number of aliphatic hydroxyl groups excluding tert-OH is 1. The van der Waals surface area contributed by atoms with E-state index >= 15 is 0 Å². The average molecular weight is 610 g/mol. The van der Waals surface area contributed by atoms with Gasteiger partial charge in [-0.2, -0.15) is 0 Å². The largest absolute Gasteiger partial charge is 0.507 e. The minimum atomic E-state index is -1.49. The Balaban J connectivity index is 1.42. The molecule has 0 saturated carbocycles. The Morgan fingerprint density at radius 2 is 1.91 bits per heavy atom. The molecule has 1 fully saturated rings. The first-order chi connectivity index (χ1) is 20.4. The van der Waals surface area contributed by atoms with Gasteiger partial charge < -0.3 is 39.3 Å². The van der Waals surface area contributed by atoms with Crippen LogP contribution in [0.15, 0.2) is 63.1 Å². The highest BCUT2D eigenvalue weighted by molar-refractivity contribution is 7.13. The van der Waals surface area contributed by atoms with Gasteiger partial charge in [0.25, 0.3) is 0 Å². The lowest BCUT2D eigenvalue weighted by molar-refractivity contribution is -0.304. The highest BCUT2D eigenvalue weighted by Gasteiger charge is 2.53. The van der Waals surface area contributed by atoms with Crippen molar-refractivity contribution in [1.82, 2.24) is 0 Å². The van der Waals surface area contributed by atoms with Gasteiger partial charge in [0.1, 0.15) is 23.2 Å². The Labute approximate surface area is 250 Å². The van der Waals surface area contributed by atoms with Crippen molar-refractivity contribution in [3.05, 3.63) is 81.0 Å². The fourth-order valence-corrected chi connectivity index (χ4v) is 6.03. The van der Waals surface area contributed by atoms with Gasteiger partial charge in [0.05, 0.1) is 16.6 Å². The quantitative estimate of drug-likeness (QED) is 0.193. The van der Waals surface area contributed by atoms with E-state index in [9.17, 15) is 24.6 Å². The van der Waals surface area contributed by atoms with Gasteiger partial charge in [-0.25, -0.2) is 9.59 Å². The van der Waals surface area contributed by atoms with Gasteiger partial charge in [0.15, 0.2) is 18.0 Å². The van der Waals surface area contributed by atoms with Crippen LogP contribution in [0.1, 0.15) is 35.3 Å². The molecule has 4 N–H and O–H groups in total. The molecule has 4 atom stereocenters. The Morgan fingerprint density at radius 1 is 1.14 bits per heavy atom. The number of hydrogen-bond donors (Lipinski definition) is 3. The maximum Gasteiger partial charge on any atom is 0.404 e. The number of fused-ring (bicyclic) bond motifs is 1. The Morgan fingerprint density at radius 3 is 2.58 bits per heavy atom. The highest BCUT2D eigenvalue weighted by atomic mass is 32.1. The lowest BCUT2D eigenvalue weighted by Gasteiger charge is -2.47. The summed E-state index contributed by atoms with van der Waals surface area (Å²) in [5.41, 5.74) is 4.72. The molecular formula is C31H31NO10S. The third-order valence-electron chi connectivity index (χ3n) is 7.43. The second-order valence-corrected chi connectivity index (χ2v) is 11.6. The molecule has 2 aromatic carbocycles.